The second-order valence-corrected chi connectivity index (χ2v) is 7.98. The molecule has 0 radical (unpaired) electrons. The number of nitrogens with one attached hydrogen (secondary N) is 3. The minimum Gasteiger partial charge on any atom is -0.423 e. The summed E-state index contributed by atoms with van der Waals surface area (Å²) in [4.78, 5) is 37.2. The summed E-state index contributed by atoms with van der Waals surface area (Å²) in [6.07, 6.45) is -4.66. The number of anilines is 1. The highest BCUT2D eigenvalue weighted by atomic mass is 19.4. The number of hydrogen-bond acceptors (Lipinski definition) is 6. The average molecular weight is 483 g/mol. The molecule has 1 fully saturated rings. The Hall–Kier alpha value is -3.03. The molecule has 1 aliphatic heterocycles. The molecule has 0 bridgehead atoms. The monoisotopic (exact) mass is 483 g/mol. The van der Waals surface area contributed by atoms with Gasteiger partial charge in [0.05, 0.1) is 18.3 Å². The van der Waals surface area contributed by atoms with Gasteiger partial charge in [-0.25, -0.2) is 9.18 Å². The summed E-state index contributed by atoms with van der Waals surface area (Å²) < 4.78 is 81.5. The van der Waals surface area contributed by atoms with Gasteiger partial charge in [-0.2, -0.15) is 22.0 Å². The van der Waals surface area contributed by atoms with E-state index in [9.17, 15) is 45.8 Å². The molecule has 1 saturated carbocycles. The van der Waals surface area contributed by atoms with Crippen LogP contribution in [0, 0.1) is 11.7 Å². The molecule has 14 heteroatoms. The predicted octanol–water partition coefficient (Wildman–Crippen LogP) is 1.48. The van der Waals surface area contributed by atoms with Crippen LogP contribution in [-0.2, 0) is 14.4 Å². The van der Waals surface area contributed by atoms with Gasteiger partial charge in [0.15, 0.2) is 5.75 Å². The topological polar surface area (TPSA) is 117 Å². The molecule has 8 nitrogen and oxygen atoms in total. The lowest BCUT2D eigenvalue weighted by molar-refractivity contribution is -0.278. The summed E-state index contributed by atoms with van der Waals surface area (Å²) in [5.74, 6) is -10.7. The van der Waals surface area contributed by atoms with Crippen molar-refractivity contribution in [2.24, 2.45) is 5.92 Å². The van der Waals surface area contributed by atoms with E-state index in [2.05, 4.69) is 10.6 Å². The van der Waals surface area contributed by atoms with Crippen molar-refractivity contribution in [3.8, 4) is 5.75 Å². The first-order valence-electron chi connectivity index (χ1n) is 9.67. The fraction of sp³-hybridized carbons (Fsp3) is 0.526. The fourth-order valence-corrected chi connectivity index (χ4v) is 3.12. The van der Waals surface area contributed by atoms with Crippen molar-refractivity contribution in [3.05, 3.63) is 24.0 Å². The van der Waals surface area contributed by atoms with E-state index in [0.29, 0.717) is 19.8 Å². The number of carbonyl (C=O) groups excluding carboxylic acids is 3. The molecule has 2 amide bonds. The first-order valence-corrected chi connectivity index (χ1v) is 9.67. The van der Waals surface area contributed by atoms with E-state index < -0.39 is 59.9 Å². The lowest BCUT2D eigenvalue weighted by Gasteiger charge is -2.29. The van der Waals surface area contributed by atoms with Crippen LogP contribution < -0.4 is 20.7 Å². The second kappa shape index (κ2) is 8.39. The van der Waals surface area contributed by atoms with Gasteiger partial charge in [0, 0.05) is 6.07 Å². The standard InChI is InChI=1S/C19H19F6N3O5/c1-17(32,15(30)26-7-18(21,22)19(23,24)25)16(31)28-13-12(8-2-3-8)27-10-5-4-9(20)6-11(10)33-14(13)29/h4-6,8,12-13,27,32H,2-3,7H2,1H3,(H,26,30)(H,28,31)/t12-,13+,17?/m1/s1. The van der Waals surface area contributed by atoms with Gasteiger partial charge in [0.25, 0.3) is 11.8 Å². The van der Waals surface area contributed by atoms with Gasteiger partial charge >= 0.3 is 18.1 Å². The Bertz CT molecular complexity index is 964. The van der Waals surface area contributed by atoms with Crippen LogP contribution in [0.15, 0.2) is 18.2 Å². The highest BCUT2D eigenvalue weighted by Gasteiger charge is 2.58. The first-order chi connectivity index (χ1) is 15.1. The summed E-state index contributed by atoms with van der Waals surface area (Å²) in [6, 6.07) is 1.06. The number of fused-ring (bicyclic) bond motifs is 1. The molecule has 182 valence electrons. The molecule has 1 aromatic carbocycles. The van der Waals surface area contributed by atoms with Crippen molar-refractivity contribution in [1.82, 2.24) is 10.6 Å². The summed E-state index contributed by atoms with van der Waals surface area (Å²) in [5.41, 5.74) is -2.86. The molecule has 0 spiro atoms. The van der Waals surface area contributed by atoms with E-state index in [1.165, 1.54) is 11.4 Å². The maximum Gasteiger partial charge on any atom is 0.455 e. The van der Waals surface area contributed by atoms with Gasteiger partial charge in [-0.05, 0) is 37.8 Å². The Balaban J connectivity index is 1.74. The lowest BCUT2D eigenvalue weighted by Crippen LogP contribution is -2.62. The first kappa shape index (κ1) is 24.6. The molecule has 3 atom stereocenters. The van der Waals surface area contributed by atoms with Crippen LogP contribution in [0.3, 0.4) is 0 Å². The Kier molecular flexibility index (Phi) is 6.26. The number of ether oxygens (including phenoxy) is 1. The van der Waals surface area contributed by atoms with Crippen LogP contribution in [0.4, 0.5) is 32.0 Å². The molecule has 1 aromatic rings. The van der Waals surface area contributed by atoms with Crippen molar-refractivity contribution >= 4 is 23.5 Å². The van der Waals surface area contributed by atoms with E-state index in [1.54, 1.807) is 0 Å². The SMILES string of the molecule is CC(O)(C(=O)NCC(F)(F)C(F)(F)F)C(=O)N[C@@H]1C(=O)Oc2cc(F)ccc2N[C@@H]1C1CC1. The normalized spacial score (nSPS) is 22.7. The molecule has 33 heavy (non-hydrogen) atoms. The highest BCUT2D eigenvalue weighted by molar-refractivity contribution is 6.08. The van der Waals surface area contributed by atoms with Crippen LogP contribution in [0.25, 0.3) is 0 Å². The Morgan fingerprint density at radius 1 is 1.18 bits per heavy atom. The lowest BCUT2D eigenvalue weighted by atomic mass is 9.99. The van der Waals surface area contributed by atoms with E-state index in [4.69, 9.17) is 4.74 Å². The smallest absolute Gasteiger partial charge is 0.423 e. The number of halogens is 6. The van der Waals surface area contributed by atoms with Crippen molar-refractivity contribution in [2.45, 2.75) is 49.5 Å². The summed E-state index contributed by atoms with van der Waals surface area (Å²) in [6.45, 7) is -1.65. The second-order valence-electron chi connectivity index (χ2n) is 7.98. The number of benzene rings is 1. The fourth-order valence-electron chi connectivity index (χ4n) is 3.12. The summed E-state index contributed by atoms with van der Waals surface area (Å²) in [7, 11) is 0. The largest absolute Gasteiger partial charge is 0.455 e. The van der Waals surface area contributed by atoms with Crippen molar-refractivity contribution < 1.29 is 50.6 Å². The number of rotatable bonds is 6. The van der Waals surface area contributed by atoms with Gasteiger partial charge in [-0.3, -0.25) is 9.59 Å². The van der Waals surface area contributed by atoms with Crippen LogP contribution in [0.2, 0.25) is 0 Å². The van der Waals surface area contributed by atoms with Gasteiger partial charge < -0.3 is 25.8 Å². The zero-order chi connectivity index (χ0) is 24.8. The quantitative estimate of drug-likeness (QED) is 0.211. The number of hydrogen-bond donors (Lipinski definition) is 4. The molecule has 1 aliphatic carbocycles. The van der Waals surface area contributed by atoms with E-state index in [-0.39, 0.29) is 17.4 Å². The van der Waals surface area contributed by atoms with Crippen LogP contribution >= 0.6 is 0 Å². The molecular weight excluding hydrogens is 464 g/mol. The van der Waals surface area contributed by atoms with Crippen molar-refractivity contribution in [3.63, 3.8) is 0 Å². The third kappa shape index (κ3) is 5.15. The molecule has 1 heterocycles. The van der Waals surface area contributed by atoms with E-state index in [1.807, 2.05) is 0 Å². The van der Waals surface area contributed by atoms with Gasteiger partial charge in [0.1, 0.15) is 11.9 Å². The zero-order valence-corrected chi connectivity index (χ0v) is 16.9. The molecule has 1 unspecified atom stereocenters. The summed E-state index contributed by atoms with van der Waals surface area (Å²) >= 11 is 0. The Morgan fingerprint density at radius 2 is 1.82 bits per heavy atom. The molecule has 0 saturated heterocycles. The molecule has 2 aliphatic rings. The minimum atomic E-state index is -5.96. The van der Waals surface area contributed by atoms with Gasteiger partial charge in [-0.1, -0.05) is 0 Å². The van der Waals surface area contributed by atoms with Gasteiger partial charge in [-0.15, -0.1) is 0 Å². The Labute approximate surface area is 182 Å². The zero-order valence-electron chi connectivity index (χ0n) is 16.9. The minimum absolute atomic E-state index is 0.136. The third-order valence-electron chi connectivity index (χ3n) is 5.28. The maximum absolute atomic E-state index is 13.5. The molecule has 3 rings (SSSR count). The van der Waals surface area contributed by atoms with Gasteiger partial charge in [0.2, 0.25) is 5.60 Å². The number of esters is 1. The molecule has 4 N–H and O–H groups in total. The average Bonchev–Trinajstić information content (AvgIpc) is 3.54. The number of carbonyl (C=O) groups is 3. The summed E-state index contributed by atoms with van der Waals surface area (Å²) in [5, 5.41) is 16.4. The number of amides is 2. The molecular formula is C19H19F6N3O5. The van der Waals surface area contributed by atoms with E-state index >= 15 is 0 Å². The maximum atomic E-state index is 13.5. The Morgan fingerprint density at radius 3 is 2.39 bits per heavy atom. The third-order valence-corrected chi connectivity index (χ3v) is 5.28. The van der Waals surface area contributed by atoms with Crippen molar-refractivity contribution in [1.29, 1.82) is 0 Å². The van der Waals surface area contributed by atoms with Crippen LogP contribution in [0.5, 0.6) is 5.75 Å². The van der Waals surface area contributed by atoms with Crippen molar-refractivity contribution in [2.75, 3.05) is 11.9 Å². The van der Waals surface area contributed by atoms with E-state index in [0.717, 1.165) is 12.1 Å². The number of alkyl halides is 5. The van der Waals surface area contributed by atoms with Crippen LogP contribution in [-0.4, -0.2) is 59.2 Å². The number of aliphatic hydroxyl groups is 1. The predicted molar refractivity (Wildman–Crippen MR) is 98.7 cm³/mol. The molecule has 0 aromatic heterocycles. The van der Waals surface area contributed by atoms with Crippen LogP contribution in [0.1, 0.15) is 19.8 Å². The highest BCUT2D eigenvalue weighted by Crippen LogP contribution is 2.40.